The molecular formula is C17H20BrN3O3. The van der Waals surface area contributed by atoms with Crippen LogP contribution in [0, 0.1) is 6.92 Å². The standard InChI is InChI=1S/C17H20BrN3O3/c1-4-11(2)21(17(23)13-5-7-14(18)8-6-13)10-16(22)19-15-9-12(3)24-20-15/h5-9,11H,4,10H2,1-3H3,(H,19,20,22)/t11-/m1/s1. The molecule has 2 rings (SSSR count). The predicted octanol–water partition coefficient (Wildman–Crippen LogP) is 3.62. The van der Waals surface area contributed by atoms with E-state index in [1.807, 2.05) is 13.8 Å². The van der Waals surface area contributed by atoms with Crippen LogP contribution in [-0.4, -0.2) is 34.5 Å². The Bertz CT molecular complexity index is 712. The molecule has 0 bridgehead atoms. The highest BCUT2D eigenvalue weighted by atomic mass is 79.9. The molecule has 1 atom stereocenters. The topological polar surface area (TPSA) is 75.4 Å². The minimum Gasteiger partial charge on any atom is -0.360 e. The van der Waals surface area contributed by atoms with E-state index in [2.05, 4.69) is 26.4 Å². The van der Waals surface area contributed by atoms with E-state index >= 15 is 0 Å². The normalized spacial score (nSPS) is 11.8. The van der Waals surface area contributed by atoms with Crippen molar-refractivity contribution in [1.82, 2.24) is 10.1 Å². The molecule has 0 fully saturated rings. The molecule has 2 aromatic rings. The zero-order valence-electron chi connectivity index (χ0n) is 13.9. The van der Waals surface area contributed by atoms with Crippen LogP contribution >= 0.6 is 15.9 Å². The molecule has 0 saturated carbocycles. The largest absolute Gasteiger partial charge is 0.360 e. The minimum atomic E-state index is -0.311. The van der Waals surface area contributed by atoms with Gasteiger partial charge in [-0.05, 0) is 44.5 Å². The predicted molar refractivity (Wildman–Crippen MR) is 94.8 cm³/mol. The number of anilines is 1. The SMILES string of the molecule is CC[C@@H](C)N(CC(=O)Nc1cc(C)on1)C(=O)c1ccc(Br)cc1. The number of carbonyl (C=O) groups excluding carboxylic acids is 2. The Labute approximate surface area is 149 Å². The van der Waals surface area contributed by atoms with E-state index in [0.29, 0.717) is 17.1 Å². The Morgan fingerprint density at radius 2 is 2.00 bits per heavy atom. The zero-order valence-corrected chi connectivity index (χ0v) is 15.5. The van der Waals surface area contributed by atoms with Crippen molar-refractivity contribution in [2.45, 2.75) is 33.2 Å². The Morgan fingerprint density at radius 3 is 2.54 bits per heavy atom. The van der Waals surface area contributed by atoms with E-state index in [-0.39, 0.29) is 24.4 Å². The summed E-state index contributed by atoms with van der Waals surface area (Å²) in [5.41, 5.74) is 0.545. The molecule has 1 N–H and O–H groups in total. The number of aromatic nitrogens is 1. The molecule has 0 aliphatic rings. The highest BCUT2D eigenvalue weighted by Crippen LogP contribution is 2.15. The van der Waals surface area contributed by atoms with Gasteiger partial charge >= 0.3 is 0 Å². The van der Waals surface area contributed by atoms with Gasteiger partial charge in [0, 0.05) is 22.1 Å². The van der Waals surface area contributed by atoms with Crippen LogP contribution in [0.2, 0.25) is 0 Å². The maximum Gasteiger partial charge on any atom is 0.254 e. The van der Waals surface area contributed by atoms with Gasteiger partial charge < -0.3 is 14.7 Å². The van der Waals surface area contributed by atoms with Crippen LogP contribution in [0.5, 0.6) is 0 Å². The van der Waals surface area contributed by atoms with E-state index in [0.717, 1.165) is 10.9 Å². The van der Waals surface area contributed by atoms with E-state index < -0.39 is 0 Å². The summed E-state index contributed by atoms with van der Waals surface area (Å²) in [6.07, 6.45) is 0.749. The molecule has 1 aromatic carbocycles. The monoisotopic (exact) mass is 393 g/mol. The van der Waals surface area contributed by atoms with Crippen LogP contribution in [0.1, 0.15) is 36.4 Å². The highest BCUT2D eigenvalue weighted by molar-refractivity contribution is 9.10. The number of nitrogens with zero attached hydrogens (tertiary/aromatic N) is 2. The van der Waals surface area contributed by atoms with Gasteiger partial charge in [0.25, 0.3) is 5.91 Å². The number of carbonyl (C=O) groups is 2. The van der Waals surface area contributed by atoms with E-state index in [1.54, 1.807) is 42.2 Å². The summed E-state index contributed by atoms with van der Waals surface area (Å²) in [6.45, 7) is 5.59. The molecule has 0 spiro atoms. The fourth-order valence-corrected chi connectivity index (χ4v) is 2.43. The van der Waals surface area contributed by atoms with Gasteiger partial charge in [0.05, 0.1) is 0 Å². The van der Waals surface area contributed by atoms with E-state index in [9.17, 15) is 9.59 Å². The number of aryl methyl sites for hydroxylation is 1. The van der Waals surface area contributed by atoms with Crippen molar-refractivity contribution < 1.29 is 14.1 Å². The molecule has 0 aliphatic carbocycles. The molecular weight excluding hydrogens is 374 g/mol. The second-order valence-corrected chi connectivity index (χ2v) is 6.48. The number of benzene rings is 1. The fraction of sp³-hybridized carbons (Fsp3) is 0.353. The molecule has 0 aliphatic heterocycles. The van der Waals surface area contributed by atoms with Crippen molar-refractivity contribution in [3.8, 4) is 0 Å². The van der Waals surface area contributed by atoms with Gasteiger partial charge in [-0.15, -0.1) is 0 Å². The first-order chi connectivity index (χ1) is 11.4. The third-order valence-corrected chi connectivity index (χ3v) is 4.21. The second-order valence-electron chi connectivity index (χ2n) is 5.57. The maximum absolute atomic E-state index is 12.7. The molecule has 7 heteroatoms. The van der Waals surface area contributed by atoms with Gasteiger partial charge in [-0.1, -0.05) is 28.0 Å². The molecule has 0 saturated heterocycles. The van der Waals surface area contributed by atoms with Gasteiger partial charge in [-0.3, -0.25) is 9.59 Å². The minimum absolute atomic E-state index is 0.0458. The van der Waals surface area contributed by atoms with E-state index in [4.69, 9.17) is 4.52 Å². The van der Waals surface area contributed by atoms with Gasteiger partial charge in [0.1, 0.15) is 12.3 Å². The van der Waals surface area contributed by atoms with Crippen molar-refractivity contribution in [1.29, 1.82) is 0 Å². The highest BCUT2D eigenvalue weighted by Gasteiger charge is 2.23. The number of hydrogen-bond donors (Lipinski definition) is 1. The average molecular weight is 394 g/mol. The molecule has 128 valence electrons. The van der Waals surface area contributed by atoms with Crippen molar-refractivity contribution in [3.63, 3.8) is 0 Å². The summed E-state index contributed by atoms with van der Waals surface area (Å²) in [6, 6.07) is 8.65. The third-order valence-electron chi connectivity index (χ3n) is 3.68. The van der Waals surface area contributed by atoms with Gasteiger partial charge in [0.15, 0.2) is 5.82 Å². The van der Waals surface area contributed by atoms with Crippen LogP contribution in [0.15, 0.2) is 39.3 Å². The lowest BCUT2D eigenvalue weighted by molar-refractivity contribution is -0.117. The number of nitrogens with one attached hydrogen (secondary N) is 1. The molecule has 0 radical (unpaired) electrons. The third kappa shape index (κ3) is 4.67. The maximum atomic E-state index is 12.7. The number of amides is 2. The van der Waals surface area contributed by atoms with Gasteiger partial charge in [-0.25, -0.2) is 0 Å². The first kappa shape index (κ1) is 18.2. The van der Waals surface area contributed by atoms with E-state index in [1.165, 1.54) is 0 Å². The zero-order chi connectivity index (χ0) is 17.7. The average Bonchev–Trinajstić information content (AvgIpc) is 2.96. The summed E-state index contributed by atoms with van der Waals surface area (Å²) in [7, 11) is 0. The van der Waals surface area contributed by atoms with Gasteiger partial charge in [0.2, 0.25) is 5.91 Å². The van der Waals surface area contributed by atoms with Gasteiger partial charge in [-0.2, -0.15) is 0 Å². The first-order valence-corrected chi connectivity index (χ1v) is 8.49. The van der Waals surface area contributed by atoms with Crippen molar-refractivity contribution in [2.24, 2.45) is 0 Å². The first-order valence-electron chi connectivity index (χ1n) is 7.70. The Kier molecular flexibility index (Phi) is 6.14. The van der Waals surface area contributed by atoms with Crippen LogP contribution < -0.4 is 5.32 Å². The summed E-state index contributed by atoms with van der Waals surface area (Å²) in [5.74, 6) is 0.463. The summed E-state index contributed by atoms with van der Waals surface area (Å²) in [4.78, 5) is 26.6. The second kappa shape index (κ2) is 8.10. The lowest BCUT2D eigenvalue weighted by atomic mass is 10.1. The summed E-state index contributed by atoms with van der Waals surface area (Å²) < 4.78 is 5.81. The molecule has 2 amide bonds. The lowest BCUT2D eigenvalue weighted by Gasteiger charge is -2.28. The molecule has 0 unspecified atom stereocenters. The van der Waals surface area contributed by atoms with Crippen molar-refractivity contribution >= 4 is 33.6 Å². The molecule has 6 nitrogen and oxygen atoms in total. The Balaban J connectivity index is 2.11. The van der Waals surface area contributed by atoms with Crippen LogP contribution in [0.4, 0.5) is 5.82 Å². The molecule has 24 heavy (non-hydrogen) atoms. The van der Waals surface area contributed by atoms with Crippen LogP contribution in [0.3, 0.4) is 0 Å². The van der Waals surface area contributed by atoms with Crippen molar-refractivity contribution in [3.05, 3.63) is 46.1 Å². The smallest absolute Gasteiger partial charge is 0.254 e. The Hall–Kier alpha value is -2.15. The summed E-state index contributed by atoms with van der Waals surface area (Å²) in [5, 5.41) is 6.37. The number of halogens is 1. The quantitative estimate of drug-likeness (QED) is 0.812. The molecule has 1 aromatic heterocycles. The fourth-order valence-electron chi connectivity index (χ4n) is 2.17. The number of rotatable bonds is 6. The van der Waals surface area contributed by atoms with Crippen LogP contribution in [-0.2, 0) is 4.79 Å². The summed E-state index contributed by atoms with van der Waals surface area (Å²) >= 11 is 3.35. The van der Waals surface area contributed by atoms with Crippen LogP contribution in [0.25, 0.3) is 0 Å². The molecule has 1 heterocycles. The Morgan fingerprint density at radius 1 is 1.33 bits per heavy atom. The van der Waals surface area contributed by atoms with Crippen molar-refractivity contribution in [2.75, 3.05) is 11.9 Å². The lowest BCUT2D eigenvalue weighted by Crippen LogP contribution is -2.43. The number of hydrogen-bond acceptors (Lipinski definition) is 4.